The molecule has 3 nitrogen and oxygen atoms in total. The quantitative estimate of drug-likeness (QED) is 0.662. The Morgan fingerprint density at radius 1 is 1.50 bits per heavy atom. The van der Waals surface area contributed by atoms with Crippen molar-refractivity contribution in [3.05, 3.63) is 0 Å². The fraction of sp³-hybridized carbons (Fsp3) is 0.875. The van der Waals surface area contributed by atoms with Gasteiger partial charge in [-0.1, -0.05) is 0 Å². The van der Waals surface area contributed by atoms with Crippen LogP contribution in [0.4, 0.5) is 0 Å². The summed E-state index contributed by atoms with van der Waals surface area (Å²) in [6, 6.07) is 0.224. The van der Waals surface area contributed by atoms with Crippen molar-refractivity contribution in [1.29, 1.82) is 0 Å². The summed E-state index contributed by atoms with van der Waals surface area (Å²) in [7, 11) is 0. The van der Waals surface area contributed by atoms with E-state index in [9.17, 15) is 4.79 Å². The second-order valence-corrected chi connectivity index (χ2v) is 3.70. The van der Waals surface area contributed by atoms with E-state index in [-0.39, 0.29) is 18.4 Å². The van der Waals surface area contributed by atoms with Crippen LogP contribution in [-0.2, 0) is 4.79 Å². The second-order valence-electron chi connectivity index (χ2n) is 3.70. The molecule has 0 aliphatic heterocycles. The Labute approximate surface area is 78.7 Å². The molecular formula is C8H16ClNO2. The van der Waals surface area contributed by atoms with E-state index in [4.69, 9.17) is 10.8 Å². The standard InChI is InChI=1S/C8H15NO2.ClH/c1-8(7(10)11)4-2-6(9)3-5-8;/h6H,2-5,9H2,1H3,(H,10,11);1H. The molecule has 0 amide bonds. The van der Waals surface area contributed by atoms with E-state index in [0.717, 1.165) is 25.7 Å². The van der Waals surface area contributed by atoms with Crippen LogP contribution in [0, 0.1) is 5.41 Å². The lowest BCUT2D eigenvalue weighted by atomic mass is 9.74. The summed E-state index contributed by atoms with van der Waals surface area (Å²) in [4.78, 5) is 10.7. The molecule has 0 aromatic heterocycles. The Balaban J connectivity index is 0.00000121. The van der Waals surface area contributed by atoms with Crippen LogP contribution in [0.5, 0.6) is 0 Å². The molecule has 0 bridgehead atoms. The molecule has 1 fully saturated rings. The van der Waals surface area contributed by atoms with Gasteiger partial charge in [0.25, 0.3) is 0 Å². The maximum absolute atomic E-state index is 10.7. The van der Waals surface area contributed by atoms with Gasteiger partial charge in [-0.05, 0) is 32.6 Å². The molecule has 1 aliphatic carbocycles. The van der Waals surface area contributed by atoms with Crippen molar-refractivity contribution in [2.75, 3.05) is 0 Å². The van der Waals surface area contributed by atoms with Crippen LogP contribution in [0.2, 0.25) is 0 Å². The average molecular weight is 194 g/mol. The monoisotopic (exact) mass is 193 g/mol. The first-order valence-corrected chi connectivity index (χ1v) is 4.03. The van der Waals surface area contributed by atoms with Gasteiger partial charge in [0.05, 0.1) is 5.41 Å². The number of hydrogen-bond acceptors (Lipinski definition) is 2. The summed E-state index contributed by atoms with van der Waals surface area (Å²) in [5.41, 5.74) is 5.16. The van der Waals surface area contributed by atoms with Crippen LogP contribution in [0.3, 0.4) is 0 Å². The van der Waals surface area contributed by atoms with E-state index < -0.39 is 11.4 Å². The lowest BCUT2D eigenvalue weighted by molar-refractivity contribution is -0.149. The summed E-state index contributed by atoms with van der Waals surface area (Å²) in [5, 5.41) is 8.84. The molecule has 12 heavy (non-hydrogen) atoms. The highest BCUT2D eigenvalue weighted by atomic mass is 35.5. The first-order chi connectivity index (χ1) is 5.04. The number of halogens is 1. The Morgan fingerprint density at radius 2 is 1.92 bits per heavy atom. The van der Waals surface area contributed by atoms with Crippen molar-refractivity contribution in [2.24, 2.45) is 11.1 Å². The highest BCUT2D eigenvalue weighted by molar-refractivity contribution is 5.85. The van der Waals surface area contributed by atoms with E-state index >= 15 is 0 Å². The molecule has 1 aliphatic rings. The molecular weight excluding hydrogens is 178 g/mol. The van der Waals surface area contributed by atoms with Gasteiger partial charge in [-0.3, -0.25) is 4.79 Å². The smallest absolute Gasteiger partial charge is 0.309 e. The second kappa shape index (κ2) is 4.10. The number of carbonyl (C=O) groups is 1. The maximum Gasteiger partial charge on any atom is 0.309 e. The summed E-state index contributed by atoms with van der Waals surface area (Å²) in [5.74, 6) is -0.676. The van der Waals surface area contributed by atoms with Crippen molar-refractivity contribution in [3.8, 4) is 0 Å². The number of nitrogens with two attached hydrogens (primary N) is 1. The lowest BCUT2D eigenvalue weighted by Crippen LogP contribution is -2.37. The van der Waals surface area contributed by atoms with E-state index in [1.54, 1.807) is 6.92 Å². The van der Waals surface area contributed by atoms with Crippen LogP contribution in [-0.4, -0.2) is 17.1 Å². The van der Waals surface area contributed by atoms with Crippen molar-refractivity contribution < 1.29 is 9.90 Å². The number of hydrogen-bond donors (Lipinski definition) is 2. The summed E-state index contributed by atoms with van der Waals surface area (Å²) in [6.07, 6.45) is 3.15. The third kappa shape index (κ3) is 2.35. The molecule has 0 spiro atoms. The molecule has 0 saturated heterocycles. The zero-order valence-electron chi connectivity index (χ0n) is 7.25. The molecule has 1 saturated carbocycles. The van der Waals surface area contributed by atoms with Gasteiger partial charge in [0.2, 0.25) is 0 Å². The minimum absolute atomic E-state index is 0. The molecule has 0 unspecified atom stereocenters. The molecule has 0 aromatic rings. The van der Waals surface area contributed by atoms with Crippen molar-refractivity contribution in [3.63, 3.8) is 0 Å². The zero-order valence-corrected chi connectivity index (χ0v) is 8.06. The third-order valence-electron chi connectivity index (χ3n) is 2.65. The first kappa shape index (κ1) is 11.7. The van der Waals surface area contributed by atoms with Gasteiger partial charge in [-0.2, -0.15) is 0 Å². The predicted molar refractivity (Wildman–Crippen MR) is 49.4 cm³/mol. The summed E-state index contributed by atoms with van der Waals surface area (Å²) < 4.78 is 0. The number of carboxylic acids is 1. The van der Waals surface area contributed by atoms with E-state index in [0.29, 0.717) is 0 Å². The van der Waals surface area contributed by atoms with Crippen LogP contribution in [0.15, 0.2) is 0 Å². The lowest BCUT2D eigenvalue weighted by Gasteiger charge is -2.31. The molecule has 72 valence electrons. The van der Waals surface area contributed by atoms with Crippen LogP contribution >= 0.6 is 12.4 Å². The van der Waals surface area contributed by atoms with Gasteiger partial charge in [-0.15, -0.1) is 12.4 Å². The number of rotatable bonds is 1. The minimum atomic E-state index is -0.676. The number of aliphatic carboxylic acids is 1. The van der Waals surface area contributed by atoms with Gasteiger partial charge in [0.1, 0.15) is 0 Å². The van der Waals surface area contributed by atoms with Crippen molar-refractivity contribution in [1.82, 2.24) is 0 Å². The first-order valence-electron chi connectivity index (χ1n) is 4.03. The fourth-order valence-electron chi connectivity index (χ4n) is 1.49. The van der Waals surface area contributed by atoms with Gasteiger partial charge < -0.3 is 10.8 Å². The van der Waals surface area contributed by atoms with Crippen LogP contribution in [0.1, 0.15) is 32.6 Å². The minimum Gasteiger partial charge on any atom is -0.481 e. The van der Waals surface area contributed by atoms with Gasteiger partial charge >= 0.3 is 5.97 Å². The van der Waals surface area contributed by atoms with E-state index in [1.807, 2.05) is 0 Å². The fourth-order valence-corrected chi connectivity index (χ4v) is 1.49. The number of carboxylic acid groups (broad SMARTS) is 1. The van der Waals surface area contributed by atoms with Crippen LogP contribution < -0.4 is 5.73 Å². The van der Waals surface area contributed by atoms with E-state index in [1.165, 1.54) is 0 Å². The molecule has 0 atom stereocenters. The Kier molecular flexibility index (Phi) is 4.00. The third-order valence-corrected chi connectivity index (χ3v) is 2.65. The Morgan fingerprint density at radius 3 is 2.25 bits per heavy atom. The summed E-state index contributed by atoms with van der Waals surface area (Å²) in [6.45, 7) is 1.81. The van der Waals surface area contributed by atoms with Crippen LogP contribution in [0.25, 0.3) is 0 Å². The normalized spacial score (nSPS) is 35.3. The van der Waals surface area contributed by atoms with Gasteiger partial charge in [0, 0.05) is 6.04 Å². The molecule has 4 heteroatoms. The van der Waals surface area contributed by atoms with Gasteiger partial charge in [0.15, 0.2) is 0 Å². The molecule has 0 radical (unpaired) electrons. The molecule has 3 N–H and O–H groups in total. The molecule has 1 rings (SSSR count). The SMILES string of the molecule is CC1(C(=O)O)CCC(N)CC1.Cl. The van der Waals surface area contributed by atoms with E-state index in [2.05, 4.69) is 0 Å². The molecule has 0 heterocycles. The summed E-state index contributed by atoms with van der Waals surface area (Å²) >= 11 is 0. The Bertz CT molecular complexity index is 164. The zero-order chi connectivity index (χ0) is 8.48. The highest BCUT2D eigenvalue weighted by Crippen LogP contribution is 2.35. The maximum atomic E-state index is 10.7. The average Bonchev–Trinajstić information content (AvgIpc) is 1.95. The molecule has 0 aromatic carbocycles. The van der Waals surface area contributed by atoms with Crippen molar-refractivity contribution >= 4 is 18.4 Å². The van der Waals surface area contributed by atoms with Crippen molar-refractivity contribution in [2.45, 2.75) is 38.6 Å². The largest absolute Gasteiger partial charge is 0.481 e. The topological polar surface area (TPSA) is 63.3 Å². The predicted octanol–water partition coefficient (Wildman–Crippen LogP) is 1.40. The van der Waals surface area contributed by atoms with Gasteiger partial charge in [-0.25, -0.2) is 0 Å². The highest BCUT2D eigenvalue weighted by Gasteiger charge is 2.36. The Hall–Kier alpha value is -0.280.